The highest BCUT2D eigenvalue weighted by molar-refractivity contribution is 6.36. The number of aryl methyl sites for hydroxylation is 1. The number of anilines is 1. The van der Waals surface area contributed by atoms with E-state index in [0.29, 0.717) is 30.0 Å². The fourth-order valence-corrected chi connectivity index (χ4v) is 4.22. The van der Waals surface area contributed by atoms with Gasteiger partial charge in [0.1, 0.15) is 12.1 Å². The molecule has 0 saturated carbocycles. The Hall–Kier alpha value is -2.57. The average Bonchev–Trinajstić information content (AvgIpc) is 2.88. The number of imide groups is 1. The summed E-state index contributed by atoms with van der Waals surface area (Å²) in [5, 5.41) is 6.14. The van der Waals surface area contributed by atoms with Crippen LogP contribution in [0.5, 0.6) is 0 Å². The average molecular weight is 418 g/mol. The quantitative estimate of drug-likeness (QED) is 0.750. The number of fused-ring (bicyclic) bond motifs is 1. The van der Waals surface area contributed by atoms with E-state index in [-0.39, 0.29) is 17.5 Å². The first-order valence-corrected chi connectivity index (χ1v) is 9.59. The second-order valence-corrected chi connectivity index (χ2v) is 7.87. The van der Waals surface area contributed by atoms with Crippen molar-refractivity contribution >= 4 is 46.7 Å². The zero-order valence-corrected chi connectivity index (χ0v) is 16.3. The number of nitrogens with one attached hydrogen (secondary N) is 2. The summed E-state index contributed by atoms with van der Waals surface area (Å²) < 4.78 is 0. The molecule has 0 bridgehead atoms. The molecule has 144 valence electrons. The Labute approximate surface area is 171 Å². The maximum atomic E-state index is 13.0. The van der Waals surface area contributed by atoms with Gasteiger partial charge in [-0.2, -0.15) is 0 Å². The molecule has 4 rings (SSSR count). The monoisotopic (exact) mass is 417 g/mol. The van der Waals surface area contributed by atoms with Gasteiger partial charge >= 0.3 is 6.03 Å². The number of carbonyl (C=O) groups is 3. The lowest BCUT2D eigenvalue weighted by Gasteiger charge is -2.32. The first-order chi connectivity index (χ1) is 13.4. The van der Waals surface area contributed by atoms with Gasteiger partial charge in [-0.05, 0) is 42.2 Å². The zero-order valence-electron chi connectivity index (χ0n) is 14.8. The van der Waals surface area contributed by atoms with Crippen molar-refractivity contribution in [1.82, 2.24) is 10.2 Å². The molecule has 4 amide bonds. The normalized spacial score (nSPS) is 20.9. The molecule has 1 atom stereocenters. The summed E-state index contributed by atoms with van der Waals surface area (Å²) in [5.41, 5.74) is 1.61. The van der Waals surface area contributed by atoms with Gasteiger partial charge in [-0.1, -0.05) is 47.5 Å². The van der Waals surface area contributed by atoms with E-state index >= 15 is 0 Å². The van der Waals surface area contributed by atoms with Crippen molar-refractivity contribution in [1.29, 1.82) is 0 Å². The van der Waals surface area contributed by atoms with E-state index in [1.54, 1.807) is 12.1 Å². The third-order valence-corrected chi connectivity index (χ3v) is 5.73. The Morgan fingerprint density at radius 2 is 1.89 bits per heavy atom. The molecule has 8 heteroatoms. The summed E-state index contributed by atoms with van der Waals surface area (Å²) in [5.74, 6) is -0.884. The maximum absolute atomic E-state index is 13.0. The molecule has 1 aliphatic carbocycles. The summed E-state index contributed by atoms with van der Waals surface area (Å²) in [6.07, 6.45) is 1.63. The standard InChI is InChI=1S/C20H17Cl2N3O3/c21-14-5-6-16(15(22)9-14)23-17(26)11-25-18(27)20(24-19(25)28)8-7-12-3-1-2-4-13(12)10-20/h1-6,9H,7-8,10-11H2,(H,23,26)(H,24,28). The van der Waals surface area contributed by atoms with Crippen molar-refractivity contribution in [3.05, 3.63) is 63.6 Å². The summed E-state index contributed by atoms with van der Waals surface area (Å²) in [6, 6.07) is 12.0. The number of carbonyl (C=O) groups excluding carboxylic acids is 3. The lowest BCUT2D eigenvalue weighted by molar-refractivity contribution is -0.134. The predicted molar refractivity (Wildman–Crippen MR) is 107 cm³/mol. The lowest BCUT2D eigenvalue weighted by Crippen LogP contribution is -2.51. The first kappa shape index (κ1) is 18.8. The molecule has 0 radical (unpaired) electrons. The van der Waals surface area contributed by atoms with Gasteiger partial charge in [0.15, 0.2) is 0 Å². The third-order valence-electron chi connectivity index (χ3n) is 5.18. The third kappa shape index (κ3) is 3.34. The van der Waals surface area contributed by atoms with Gasteiger partial charge in [-0.15, -0.1) is 0 Å². The van der Waals surface area contributed by atoms with Gasteiger partial charge in [0.25, 0.3) is 5.91 Å². The van der Waals surface area contributed by atoms with Gasteiger partial charge in [0, 0.05) is 11.4 Å². The zero-order chi connectivity index (χ0) is 19.9. The number of urea groups is 1. The molecule has 1 spiro atoms. The maximum Gasteiger partial charge on any atom is 0.325 e. The highest BCUT2D eigenvalue weighted by Gasteiger charge is 2.52. The van der Waals surface area contributed by atoms with Crippen LogP contribution in [-0.4, -0.2) is 34.8 Å². The van der Waals surface area contributed by atoms with E-state index in [2.05, 4.69) is 10.6 Å². The molecular weight excluding hydrogens is 401 g/mol. The molecule has 1 aliphatic heterocycles. The number of hydrogen-bond acceptors (Lipinski definition) is 3. The van der Waals surface area contributed by atoms with E-state index in [4.69, 9.17) is 23.2 Å². The first-order valence-electron chi connectivity index (χ1n) is 8.84. The van der Waals surface area contributed by atoms with E-state index < -0.39 is 17.5 Å². The van der Waals surface area contributed by atoms with Gasteiger partial charge in [-0.25, -0.2) is 4.79 Å². The van der Waals surface area contributed by atoms with Crippen molar-refractivity contribution < 1.29 is 14.4 Å². The molecule has 2 aromatic rings. The van der Waals surface area contributed by atoms with Crippen LogP contribution >= 0.6 is 23.2 Å². The molecule has 1 fully saturated rings. The fourth-order valence-electron chi connectivity index (χ4n) is 3.77. The largest absolute Gasteiger partial charge is 0.325 e. The molecule has 28 heavy (non-hydrogen) atoms. The number of nitrogens with zero attached hydrogens (tertiary/aromatic N) is 1. The van der Waals surface area contributed by atoms with Crippen LogP contribution in [0.3, 0.4) is 0 Å². The van der Waals surface area contributed by atoms with Gasteiger partial charge in [0.05, 0.1) is 10.7 Å². The van der Waals surface area contributed by atoms with Crippen LogP contribution in [0.4, 0.5) is 10.5 Å². The minimum absolute atomic E-state index is 0.276. The molecule has 1 heterocycles. The van der Waals surface area contributed by atoms with Crippen LogP contribution in [-0.2, 0) is 22.4 Å². The molecule has 2 aliphatic rings. The van der Waals surface area contributed by atoms with Crippen molar-refractivity contribution in [3.8, 4) is 0 Å². The molecule has 1 saturated heterocycles. The number of halogens is 2. The summed E-state index contributed by atoms with van der Waals surface area (Å²) in [6.45, 7) is -0.382. The summed E-state index contributed by atoms with van der Waals surface area (Å²) in [4.78, 5) is 38.8. The van der Waals surface area contributed by atoms with Crippen molar-refractivity contribution in [2.75, 3.05) is 11.9 Å². The summed E-state index contributed by atoms with van der Waals surface area (Å²) >= 11 is 11.9. The van der Waals surface area contributed by atoms with E-state index in [9.17, 15) is 14.4 Å². The minimum atomic E-state index is -0.983. The minimum Gasteiger partial charge on any atom is -0.323 e. The molecule has 2 aromatic carbocycles. The molecule has 0 aromatic heterocycles. The number of rotatable bonds is 3. The molecule has 2 N–H and O–H groups in total. The van der Waals surface area contributed by atoms with Crippen LogP contribution < -0.4 is 10.6 Å². The van der Waals surface area contributed by atoms with Gasteiger partial charge < -0.3 is 10.6 Å². The topological polar surface area (TPSA) is 78.5 Å². The predicted octanol–water partition coefficient (Wildman–Crippen LogP) is 3.41. The van der Waals surface area contributed by atoms with Crippen molar-refractivity contribution in [2.24, 2.45) is 0 Å². The molecular formula is C20H17Cl2N3O3. The number of hydrogen-bond donors (Lipinski definition) is 2. The van der Waals surface area contributed by atoms with E-state index in [0.717, 1.165) is 10.5 Å². The SMILES string of the molecule is O=C(CN1C(=O)NC2(CCc3ccccc3C2)C1=O)Nc1ccc(Cl)cc1Cl. The van der Waals surface area contributed by atoms with E-state index in [1.165, 1.54) is 11.6 Å². The van der Waals surface area contributed by atoms with Crippen LogP contribution in [0.25, 0.3) is 0 Å². The van der Waals surface area contributed by atoms with Crippen molar-refractivity contribution in [2.45, 2.75) is 24.8 Å². The lowest BCUT2D eigenvalue weighted by atomic mass is 9.78. The summed E-state index contributed by atoms with van der Waals surface area (Å²) in [7, 11) is 0. The highest BCUT2D eigenvalue weighted by Crippen LogP contribution is 2.33. The fraction of sp³-hybridized carbons (Fsp3) is 0.250. The Bertz CT molecular complexity index is 994. The van der Waals surface area contributed by atoms with E-state index in [1.807, 2.05) is 24.3 Å². The Balaban J connectivity index is 1.48. The second kappa shape index (κ2) is 7.11. The van der Waals surface area contributed by atoms with Crippen molar-refractivity contribution in [3.63, 3.8) is 0 Å². The Kier molecular flexibility index (Phi) is 4.77. The van der Waals surface area contributed by atoms with Crippen LogP contribution in [0, 0.1) is 0 Å². The number of amides is 4. The van der Waals surface area contributed by atoms with Crippen LogP contribution in [0.15, 0.2) is 42.5 Å². The van der Waals surface area contributed by atoms with Crippen LogP contribution in [0.1, 0.15) is 17.5 Å². The Morgan fingerprint density at radius 1 is 1.14 bits per heavy atom. The Morgan fingerprint density at radius 3 is 2.64 bits per heavy atom. The molecule has 6 nitrogen and oxygen atoms in total. The van der Waals surface area contributed by atoms with Crippen LogP contribution in [0.2, 0.25) is 10.0 Å². The highest BCUT2D eigenvalue weighted by atomic mass is 35.5. The second-order valence-electron chi connectivity index (χ2n) is 7.02. The molecule has 1 unspecified atom stereocenters. The van der Waals surface area contributed by atoms with Gasteiger partial charge in [-0.3, -0.25) is 14.5 Å². The van der Waals surface area contributed by atoms with Gasteiger partial charge in [0.2, 0.25) is 5.91 Å². The number of benzene rings is 2. The smallest absolute Gasteiger partial charge is 0.323 e.